The highest BCUT2D eigenvalue weighted by Gasteiger charge is 2.23. The molecule has 5 nitrogen and oxygen atoms in total. The van der Waals surface area contributed by atoms with Crippen LogP contribution < -0.4 is 5.32 Å². The first-order valence-corrected chi connectivity index (χ1v) is 11.9. The summed E-state index contributed by atoms with van der Waals surface area (Å²) in [5.41, 5.74) is 2.52. The molecule has 0 saturated heterocycles. The minimum atomic E-state index is -0.663. The van der Waals surface area contributed by atoms with Crippen LogP contribution in [0.25, 0.3) is 5.70 Å². The van der Waals surface area contributed by atoms with Gasteiger partial charge in [-0.25, -0.2) is 9.18 Å². The van der Waals surface area contributed by atoms with Gasteiger partial charge < -0.3 is 15.0 Å². The molecule has 6 heteroatoms. The molecule has 1 N–H and O–H groups in total. The summed E-state index contributed by atoms with van der Waals surface area (Å²) in [5, 5.41) is 2.94. The van der Waals surface area contributed by atoms with Gasteiger partial charge in [-0.2, -0.15) is 0 Å². The number of benzene rings is 3. The maximum Gasteiger partial charge on any atom is 0.408 e. The average Bonchev–Trinajstić information content (AvgIpc) is 2.82. The van der Waals surface area contributed by atoms with Gasteiger partial charge in [0.25, 0.3) is 0 Å². The van der Waals surface area contributed by atoms with E-state index in [4.69, 9.17) is 4.74 Å². The van der Waals surface area contributed by atoms with Crippen LogP contribution in [-0.4, -0.2) is 28.5 Å². The smallest absolute Gasteiger partial charge is 0.408 e. The molecule has 3 rings (SSSR count). The number of carbonyl (C=O) groups is 2. The molecule has 0 aliphatic carbocycles. The molecule has 0 bridgehead atoms. The van der Waals surface area contributed by atoms with E-state index in [0.717, 1.165) is 11.1 Å². The van der Waals surface area contributed by atoms with Crippen LogP contribution >= 0.6 is 0 Å². The number of rotatable bonds is 8. The van der Waals surface area contributed by atoms with Crippen LogP contribution in [0.1, 0.15) is 44.4 Å². The molecule has 1 unspecified atom stereocenters. The zero-order valence-electron chi connectivity index (χ0n) is 21.2. The maximum absolute atomic E-state index is 13.8. The van der Waals surface area contributed by atoms with Crippen LogP contribution in [0, 0.1) is 5.82 Å². The van der Waals surface area contributed by atoms with Crippen molar-refractivity contribution in [2.45, 2.75) is 52.3 Å². The van der Waals surface area contributed by atoms with Gasteiger partial charge in [0.15, 0.2) is 0 Å². The number of hydrogen-bond acceptors (Lipinski definition) is 3. The van der Waals surface area contributed by atoms with Crippen LogP contribution in [0.5, 0.6) is 0 Å². The summed E-state index contributed by atoms with van der Waals surface area (Å²) >= 11 is 0. The van der Waals surface area contributed by atoms with Crippen LogP contribution in [0.4, 0.5) is 9.18 Å². The average molecular weight is 489 g/mol. The van der Waals surface area contributed by atoms with E-state index in [1.54, 1.807) is 37.8 Å². The summed E-state index contributed by atoms with van der Waals surface area (Å²) in [6.07, 6.45) is 1.76. The highest BCUT2D eigenvalue weighted by atomic mass is 19.1. The van der Waals surface area contributed by atoms with Crippen molar-refractivity contribution in [1.82, 2.24) is 10.2 Å². The second-order valence-electron chi connectivity index (χ2n) is 9.59. The molecule has 36 heavy (non-hydrogen) atoms. The maximum atomic E-state index is 13.8. The zero-order valence-corrected chi connectivity index (χ0v) is 21.2. The predicted octanol–water partition coefficient (Wildman–Crippen LogP) is 6.35. The second-order valence-corrected chi connectivity index (χ2v) is 9.59. The number of halogens is 1. The van der Waals surface area contributed by atoms with Gasteiger partial charge in [-0.1, -0.05) is 60.7 Å². The molecular formula is C30H33FN2O3. The molecule has 3 aromatic rings. The molecular weight excluding hydrogens is 455 g/mol. The molecule has 0 heterocycles. The van der Waals surface area contributed by atoms with Crippen molar-refractivity contribution in [2.75, 3.05) is 0 Å². The van der Waals surface area contributed by atoms with Crippen LogP contribution in [0.3, 0.4) is 0 Å². The highest BCUT2D eigenvalue weighted by Crippen LogP contribution is 2.24. The Balaban J connectivity index is 2.06. The number of ether oxygens (including phenoxy) is 1. The molecule has 0 aliphatic rings. The number of carbonyl (C=O) groups excluding carboxylic acids is 2. The Morgan fingerprint density at radius 3 is 2.00 bits per heavy atom. The molecule has 2 amide bonds. The van der Waals surface area contributed by atoms with E-state index in [9.17, 15) is 14.0 Å². The first kappa shape index (κ1) is 26.7. The molecule has 188 valence electrons. The summed E-state index contributed by atoms with van der Waals surface area (Å²) < 4.78 is 19.3. The fourth-order valence-corrected chi connectivity index (χ4v) is 3.76. The van der Waals surface area contributed by atoms with E-state index in [0.29, 0.717) is 24.2 Å². The Bertz CT molecular complexity index is 1170. The Morgan fingerprint density at radius 1 is 0.917 bits per heavy atom. The molecule has 0 fully saturated rings. The molecule has 0 radical (unpaired) electrons. The second kappa shape index (κ2) is 12.2. The number of amides is 2. The number of alkyl carbamates (subject to hydrolysis) is 1. The van der Waals surface area contributed by atoms with Crippen LogP contribution in [0.2, 0.25) is 0 Å². The highest BCUT2D eigenvalue weighted by molar-refractivity contribution is 5.85. The Hall–Kier alpha value is -3.93. The fraction of sp³-hybridized carbons (Fsp3) is 0.267. The minimum Gasteiger partial charge on any atom is -0.444 e. The Labute approximate surface area is 212 Å². The Kier molecular flexibility index (Phi) is 9.01. The normalized spacial score (nSPS) is 12.5. The first-order valence-electron chi connectivity index (χ1n) is 11.9. The van der Waals surface area contributed by atoms with Crippen molar-refractivity contribution in [3.8, 4) is 0 Å². The van der Waals surface area contributed by atoms with Gasteiger partial charge in [-0.05, 0) is 74.2 Å². The lowest BCUT2D eigenvalue weighted by molar-refractivity contribution is -0.126. The van der Waals surface area contributed by atoms with Crippen molar-refractivity contribution >= 4 is 17.7 Å². The lowest BCUT2D eigenvalue weighted by Crippen LogP contribution is -2.40. The van der Waals surface area contributed by atoms with Crippen LogP contribution in [0.15, 0.2) is 91.0 Å². The van der Waals surface area contributed by atoms with E-state index < -0.39 is 17.7 Å². The van der Waals surface area contributed by atoms with Crippen LogP contribution in [-0.2, 0) is 22.5 Å². The molecule has 0 aliphatic heterocycles. The van der Waals surface area contributed by atoms with E-state index in [2.05, 4.69) is 5.32 Å². The summed E-state index contributed by atoms with van der Waals surface area (Å²) in [6, 6.07) is 24.9. The van der Waals surface area contributed by atoms with Gasteiger partial charge >= 0.3 is 6.09 Å². The third-order valence-electron chi connectivity index (χ3n) is 5.35. The summed E-state index contributed by atoms with van der Waals surface area (Å²) in [5.74, 6) is -0.548. The van der Waals surface area contributed by atoms with Crippen molar-refractivity contribution in [2.24, 2.45) is 0 Å². The van der Waals surface area contributed by atoms with E-state index in [1.165, 1.54) is 19.1 Å². The van der Waals surface area contributed by atoms with Gasteiger partial charge in [0.1, 0.15) is 11.4 Å². The third-order valence-corrected chi connectivity index (χ3v) is 5.35. The van der Waals surface area contributed by atoms with E-state index >= 15 is 0 Å². The monoisotopic (exact) mass is 488 g/mol. The van der Waals surface area contributed by atoms with Gasteiger partial charge in [-0.3, -0.25) is 4.79 Å². The van der Waals surface area contributed by atoms with Gasteiger partial charge in [0.2, 0.25) is 5.91 Å². The topological polar surface area (TPSA) is 58.6 Å². The summed E-state index contributed by atoms with van der Waals surface area (Å²) in [6.45, 7) is 7.22. The molecule has 0 aromatic heterocycles. The Morgan fingerprint density at radius 2 is 1.47 bits per heavy atom. The molecule has 3 aromatic carbocycles. The fourth-order valence-electron chi connectivity index (χ4n) is 3.76. The van der Waals surface area contributed by atoms with E-state index in [-0.39, 0.29) is 11.7 Å². The standard InChI is InChI=1S/C30H33FN2O3/c1-22(34)33(21-24-13-9-6-10-14-24)28(25-15-17-26(31)18-16-25)20-27(19-23-11-7-5-8-12-23)32-29(35)36-30(2,3)4/h5-18,20,27H,19,21H2,1-4H3,(H,32,35)/b28-20+. The molecule has 1 atom stereocenters. The zero-order chi connectivity index (χ0) is 26.1. The SMILES string of the molecule is CC(=O)N(Cc1ccccc1)/C(=C/C(Cc1ccccc1)NC(=O)OC(C)(C)C)c1ccc(F)cc1. The lowest BCUT2D eigenvalue weighted by atomic mass is 10.0. The summed E-state index contributed by atoms with van der Waals surface area (Å²) in [7, 11) is 0. The third kappa shape index (κ3) is 8.38. The van der Waals surface area contributed by atoms with E-state index in [1.807, 2.05) is 66.7 Å². The van der Waals surface area contributed by atoms with Gasteiger partial charge in [0, 0.05) is 12.6 Å². The van der Waals surface area contributed by atoms with Crippen molar-refractivity contribution in [3.05, 3.63) is 114 Å². The molecule has 0 saturated carbocycles. The minimum absolute atomic E-state index is 0.176. The first-order chi connectivity index (χ1) is 17.1. The quantitative estimate of drug-likeness (QED) is 0.402. The van der Waals surface area contributed by atoms with Gasteiger partial charge in [-0.15, -0.1) is 0 Å². The number of nitrogens with one attached hydrogen (secondary N) is 1. The molecule has 0 spiro atoms. The predicted molar refractivity (Wildman–Crippen MR) is 140 cm³/mol. The van der Waals surface area contributed by atoms with Crippen molar-refractivity contribution < 1.29 is 18.7 Å². The number of hydrogen-bond donors (Lipinski definition) is 1. The van der Waals surface area contributed by atoms with Gasteiger partial charge in [0.05, 0.1) is 12.6 Å². The largest absolute Gasteiger partial charge is 0.444 e. The lowest BCUT2D eigenvalue weighted by Gasteiger charge is -2.28. The van der Waals surface area contributed by atoms with Crippen molar-refractivity contribution in [3.63, 3.8) is 0 Å². The number of nitrogens with zero attached hydrogens (tertiary/aromatic N) is 1. The summed E-state index contributed by atoms with van der Waals surface area (Å²) in [4.78, 5) is 27.2. The van der Waals surface area contributed by atoms with Crippen molar-refractivity contribution in [1.29, 1.82) is 0 Å².